The predicted molar refractivity (Wildman–Crippen MR) is 59.4 cm³/mol. The first kappa shape index (κ1) is 10.8. The Bertz CT molecular complexity index is 464. The Morgan fingerprint density at radius 2 is 2.00 bits per heavy atom. The van der Waals surface area contributed by atoms with Crippen LogP contribution in [0.2, 0.25) is 0 Å². The number of hydrogen-bond donors (Lipinski definition) is 1. The van der Waals surface area contributed by atoms with E-state index in [2.05, 4.69) is 10.3 Å². The summed E-state index contributed by atoms with van der Waals surface area (Å²) < 4.78 is 18.3. The smallest absolute Gasteiger partial charge is 0.226 e. The van der Waals surface area contributed by atoms with Crippen LogP contribution in [-0.4, -0.2) is 12.0 Å². The summed E-state index contributed by atoms with van der Waals surface area (Å²) in [4.78, 5) is 4.16. The minimum atomic E-state index is -0.265. The number of benzene rings is 1. The third-order valence-corrected chi connectivity index (χ3v) is 2.47. The molecule has 1 aromatic heterocycles. The van der Waals surface area contributed by atoms with E-state index in [1.54, 1.807) is 18.3 Å². The monoisotopic (exact) mass is 220 g/mol. The highest BCUT2D eigenvalue weighted by atomic mass is 19.1. The maximum atomic E-state index is 12.7. The Hall–Kier alpha value is -1.68. The van der Waals surface area contributed by atoms with E-state index in [-0.39, 0.29) is 11.9 Å². The second-order valence-electron chi connectivity index (χ2n) is 3.59. The molecule has 0 aliphatic rings. The van der Waals surface area contributed by atoms with E-state index in [0.29, 0.717) is 5.89 Å². The van der Waals surface area contributed by atoms with Crippen molar-refractivity contribution in [2.75, 3.05) is 7.05 Å². The summed E-state index contributed by atoms with van der Waals surface area (Å²) >= 11 is 0. The van der Waals surface area contributed by atoms with E-state index in [9.17, 15) is 4.39 Å². The second kappa shape index (κ2) is 4.45. The second-order valence-corrected chi connectivity index (χ2v) is 3.59. The van der Waals surface area contributed by atoms with Crippen molar-refractivity contribution in [1.29, 1.82) is 0 Å². The van der Waals surface area contributed by atoms with Gasteiger partial charge >= 0.3 is 0 Å². The van der Waals surface area contributed by atoms with Gasteiger partial charge in [0.1, 0.15) is 11.6 Å². The number of oxazole rings is 1. The summed E-state index contributed by atoms with van der Waals surface area (Å²) in [5, 5.41) is 3.06. The van der Waals surface area contributed by atoms with Gasteiger partial charge in [0.2, 0.25) is 5.89 Å². The minimum absolute atomic E-state index is 0.113. The highest BCUT2D eigenvalue weighted by molar-refractivity contribution is 5.52. The quantitative estimate of drug-likeness (QED) is 0.864. The van der Waals surface area contributed by atoms with Gasteiger partial charge < -0.3 is 9.73 Å². The Kier molecular flexibility index (Phi) is 3.01. The molecule has 0 amide bonds. The van der Waals surface area contributed by atoms with E-state index in [0.717, 1.165) is 11.3 Å². The number of rotatable bonds is 3. The molecule has 0 saturated carbocycles. The molecule has 3 nitrogen and oxygen atoms in total. The first-order chi connectivity index (χ1) is 7.70. The van der Waals surface area contributed by atoms with Crippen LogP contribution in [0.1, 0.15) is 18.7 Å². The molecule has 0 spiro atoms. The van der Waals surface area contributed by atoms with Gasteiger partial charge in [0.15, 0.2) is 0 Å². The van der Waals surface area contributed by atoms with Gasteiger partial charge in [-0.3, -0.25) is 0 Å². The number of aromatic nitrogens is 1. The van der Waals surface area contributed by atoms with Crippen LogP contribution >= 0.6 is 0 Å². The molecule has 2 rings (SSSR count). The summed E-state index contributed by atoms with van der Waals surface area (Å²) in [5.74, 6) is 1.01. The molecule has 0 saturated heterocycles. The third kappa shape index (κ3) is 2.12. The van der Waals surface area contributed by atoms with Gasteiger partial charge in [-0.15, -0.1) is 0 Å². The number of hydrogen-bond acceptors (Lipinski definition) is 3. The molecule has 4 heteroatoms. The van der Waals surface area contributed by atoms with Crippen molar-refractivity contribution in [3.8, 4) is 11.5 Å². The topological polar surface area (TPSA) is 38.1 Å². The van der Waals surface area contributed by atoms with Gasteiger partial charge in [0.25, 0.3) is 0 Å². The Labute approximate surface area is 93.3 Å². The SMILES string of the molecule is CNC(C)c1cnc(-c2ccc(F)cc2)o1. The summed E-state index contributed by atoms with van der Waals surface area (Å²) in [7, 11) is 1.85. The molecule has 0 fully saturated rings. The van der Waals surface area contributed by atoms with Crippen LogP contribution in [0.4, 0.5) is 4.39 Å². The molecule has 0 aliphatic carbocycles. The van der Waals surface area contributed by atoms with E-state index < -0.39 is 0 Å². The van der Waals surface area contributed by atoms with Crippen LogP contribution in [0.25, 0.3) is 11.5 Å². The maximum absolute atomic E-state index is 12.7. The Morgan fingerprint density at radius 1 is 1.31 bits per heavy atom. The lowest BCUT2D eigenvalue weighted by atomic mass is 10.2. The Balaban J connectivity index is 2.28. The van der Waals surface area contributed by atoms with E-state index in [1.165, 1.54) is 12.1 Å². The molecule has 1 atom stereocenters. The van der Waals surface area contributed by atoms with Crippen LogP contribution in [0.5, 0.6) is 0 Å². The van der Waals surface area contributed by atoms with Crippen molar-refractivity contribution < 1.29 is 8.81 Å². The largest absolute Gasteiger partial charge is 0.440 e. The van der Waals surface area contributed by atoms with Crippen molar-refractivity contribution in [2.45, 2.75) is 13.0 Å². The van der Waals surface area contributed by atoms with Crippen molar-refractivity contribution in [1.82, 2.24) is 10.3 Å². The molecular weight excluding hydrogens is 207 g/mol. The van der Waals surface area contributed by atoms with Crippen molar-refractivity contribution >= 4 is 0 Å². The summed E-state index contributed by atoms with van der Waals surface area (Å²) in [6.07, 6.45) is 1.68. The molecule has 84 valence electrons. The average Bonchev–Trinajstić information content (AvgIpc) is 2.78. The fraction of sp³-hybridized carbons (Fsp3) is 0.250. The van der Waals surface area contributed by atoms with Crippen molar-refractivity contribution in [2.24, 2.45) is 0 Å². The standard InChI is InChI=1S/C12H13FN2O/c1-8(14-2)11-7-15-12(16-11)9-3-5-10(13)6-4-9/h3-8,14H,1-2H3. The van der Waals surface area contributed by atoms with E-state index in [4.69, 9.17) is 4.42 Å². The lowest BCUT2D eigenvalue weighted by Gasteiger charge is -2.04. The molecule has 1 unspecified atom stereocenters. The van der Waals surface area contributed by atoms with Crippen LogP contribution < -0.4 is 5.32 Å². The highest BCUT2D eigenvalue weighted by Crippen LogP contribution is 2.22. The van der Waals surface area contributed by atoms with Crippen LogP contribution in [0, 0.1) is 5.82 Å². The summed E-state index contributed by atoms with van der Waals surface area (Å²) in [6.45, 7) is 1.98. The molecule has 2 aromatic rings. The molecule has 0 radical (unpaired) electrons. The van der Waals surface area contributed by atoms with E-state index in [1.807, 2.05) is 14.0 Å². The van der Waals surface area contributed by atoms with Gasteiger partial charge in [0.05, 0.1) is 12.2 Å². The van der Waals surface area contributed by atoms with Crippen LogP contribution in [0.3, 0.4) is 0 Å². The van der Waals surface area contributed by atoms with Crippen LogP contribution in [-0.2, 0) is 0 Å². The zero-order valence-corrected chi connectivity index (χ0v) is 9.20. The number of nitrogens with zero attached hydrogens (tertiary/aromatic N) is 1. The molecule has 1 N–H and O–H groups in total. The maximum Gasteiger partial charge on any atom is 0.226 e. The average molecular weight is 220 g/mol. The van der Waals surface area contributed by atoms with Gasteiger partial charge in [-0.2, -0.15) is 0 Å². The van der Waals surface area contributed by atoms with Crippen LogP contribution in [0.15, 0.2) is 34.9 Å². The molecule has 0 bridgehead atoms. The molecule has 16 heavy (non-hydrogen) atoms. The van der Waals surface area contributed by atoms with Crippen molar-refractivity contribution in [3.63, 3.8) is 0 Å². The molecule has 1 aromatic carbocycles. The molecule has 0 aliphatic heterocycles. The zero-order chi connectivity index (χ0) is 11.5. The normalized spacial score (nSPS) is 12.7. The lowest BCUT2D eigenvalue weighted by molar-refractivity contribution is 0.456. The lowest BCUT2D eigenvalue weighted by Crippen LogP contribution is -2.11. The third-order valence-electron chi connectivity index (χ3n) is 2.47. The predicted octanol–water partition coefficient (Wildman–Crippen LogP) is 2.76. The fourth-order valence-corrected chi connectivity index (χ4v) is 1.35. The molecular formula is C12H13FN2O. The van der Waals surface area contributed by atoms with Gasteiger partial charge in [0, 0.05) is 5.56 Å². The Morgan fingerprint density at radius 3 is 2.62 bits per heavy atom. The van der Waals surface area contributed by atoms with Gasteiger partial charge in [-0.25, -0.2) is 9.37 Å². The van der Waals surface area contributed by atoms with E-state index >= 15 is 0 Å². The highest BCUT2D eigenvalue weighted by Gasteiger charge is 2.10. The molecule has 1 heterocycles. The number of halogens is 1. The summed E-state index contributed by atoms with van der Waals surface area (Å²) in [6, 6.07) is 6.19. The number of nitrogens with one attached hydrogen (secondary N) is 1. The van der Waals surface area contributed by atoms with Gasteiger partial charge in [-0.05, 0) is 38.2 Å². The van der Waals surface area contributed by atoms with Gasteiger partial charge in [-0.1, -0.05) is 0 Å². The fourth-order valence-electron chi connectivity index (χ4n) is 1.35. The van der Waals surface area contributed by atoms with Crippen molar-refractivity contribution in [3.05, 3.63) is 42.0 Å². The first-order valence-electron chi connectivity index (χ1n) is 5.09. The zero-order valence-electron chi connectivity index (χ0n) is 9.20. The minimum Gasteiger partial charge on any atom is -0.440 e. The summed E-state index contributed by atoms with van der Waals surface area (Å²) in [5.41, 5.74) is 0.774. The first-order valence-corrected chi connectivity index (χ1v) is 5.09.